The number of hydrogen-bond donors (Lipinski definition) is 0. The smallest absolute Gasteiger partial charge is 0.134 e. The summed E-state index contributed by atoms with van der Waals surface area (Å²) in [5, 5.41) is 12.4. The summed E-state index contributed by atoms with van der Waals surface area (Å²) in [4.78, 5) is 4.71. The highest BCUT2D eigenvalue weighted by atomic mass is 32.1. The van der Waals surface area contributed by atoms with Gasteiger partial charge in [0, 0.05) is 10.9 Å². The lowest BCUT2D eigenvalue weighted by molar-refractivity contribution is 0.309. The molecule has 0 unspecified atom stereocenters. The van der Waals surface area contributed by atoms with Crippen LogP contribution in [0.5, 0.6) is 5.75 Å². The van der Waals surface area contributed by atoms with E-state index in [0.29, 0.717) is 5.57 Å². The molecule has 3 rings (SSSR count). The van der Waals surface area contributed by atoms with Crippen molar-refractivity contribution in [2.24, 2.45) is 0 Å². The Morgan fingerprint density at radius 2 is 1.96 bits per heavy atom. The lowest BCUT2D eigenvalue weighted by Gasteiger charge is -2.05. The second kappa shape index (κ2) is 9.34. The van der Waals surface area contributed by atoms with Crippen molar-refractivity contribution in [3.63, 3.8) is 0 Å². The number of unbranched alkanes of at least 4 members (excludes halogenated alkanes) is 1. The SMILES string of the molecule is CCCCOc1ccc(/C=C(\C#N)c2nc(-c3ccc(C)cc3C)cs2)cc1. The Hall–Kier alpha value is -2.90. The molecule has 0 bridgehead atoms. The Kier molecular flexibility index (Phi) is 6.62. The quantitative estimate of drug-likeness (QED) is 0.335. The standard InChI is InChI=1S/C24H24N2OS/c1-4-5-12-27-21-9-7-19(8-10-21)14-20(15-25)24-26-23(16-28-24)22-11-6-17(2)13-18(22)3/h6-11,13-14,16H,4-5,12H2,1-3H3/b20-14+. The minimum atomic E-state index is 0.570. The number of hydrogen-bond acceptors (Lipinski definition) is 4. The molecule has 0 fully saturated rings. The van der Waals surface area contributed by atoms with Crippen LogP contribution in [-0.2, 0) is 0 Å². The van der Waals surface area contributed by atoms with E-state index < -0.39 is 0 Å². The van der Waals surface area contributed by atoms with E-state index in [2.05, 4.69) is 45.0 Å². The van der Waals surface area contributed by atoms with Gasteiger partial charge < -0.3 is 4.74 Å². The molecular weight excluding hydrogens is 364 g/mol. The minimum absolute atomic E-state index is 0.570. The first kappa shape index (κ1) is 19.9. The predicted octanol–water partition coefficient (Wildman–Crippen LogP) is 6.67. The molecule has 4 heteroatoms. The van der Waals surface area contributed by atoms with Crippen LogP contribution in [0.4, 0.5) is 0 Å². The zero-order valence-electron chi connectivity index (χ0n) is 16.5. The van der Waals surface area contributed by atoms with E-state index in [4.69, 9.17) is 9.72 Å². The average Bonchev–Trinajstić information content (AvgIpc) is 3.17. The second-order valence-corrected chi connectivity index (χ2v) is 7.66. The molecule has 0 atom stereocenters. The molecule has 1 heterocycles. The molecule has 3 nitrogen and oxygen atoms in total. The summed E-state index contributed by atoms with van der Waals surface area (Å²) in [6.45, 7) is 7.05. The van der Waals surface area contributed by atoms with Gasteiger partial charge in [0.1, 0.15) is 16.8 Å². The molecule has 3 aromatic rings. The number of aryl methyl sites for hydroxylation is 2. The van der Waals surface area contributed by atoms with Gasteiger partial charge in [0.2, 0.25) is 0 Å². The summed E-state index contributed by atoms with van der Waals surface area (Å²) < 4.78 is 5.69. The predicted molar refractivity (Wildman–Crippen MR) is 117 cm³/mol. The van der Waals surface area contributed by atoms with Crippen molar-refractivity contribution >= 4 is 23.0 Å². The van der Waals surface area contributed by atoms with Crippen molar-refractivity contribution in [1.82, 2.24) is 4.98 Å². The Labute approximate surface area is 171 Å². The molecule has 1 aromatic heterocycles. The lowest BCUT2D eigenvalue weighted by atomic mass is 10.0. The van der Waals surface area contributed by atoms with E-state index in [1.54, 1.807) is 0 Å². The fourth-order valence-corrected chi connectivity index (χ4v) is 3.71. The van der Waals surface area contributed by atoms with Gasteiger partial charge in [0.05, 0.1) is 17.9 Å². The molecule has 0 saturated carbocycles. The normalized spacial score (nSPS) is 11.3. The van der Waals surface area contributed by atoms with E-state index in [1.165, 1.54) is 22.5 Å². The van der Waals surface area contributed by atoms with Crippen LogP contribution in [0, 0.1) is 25.2 Å². The maximum atomic E-state index is 9.63. The molecule has 0 aliphatic heterocycles. The molecule has 0 spiro atoms. The highest BCUT2D eigenvalue weighted by Gasteiger charge is 2.11. The average molecular weight is 389 g/mol. The maximum Gasteiger partial charge on any atom is 0.134 e. The van der Waals surface area contributed by atoms with Crippen molar-refractivity contribution in [3.8, 4) is 23.1 Å². The van der Waals surface area contributed by atoms with Crippen LogP contribution in [0.15, 0.2) is 47.8 Å². The Balaban J connectivity index is 1.80. The molecule has 0 N–H and O–H groups in total. The first-order valence-electron chi connectivity index (χ1n) is 9.49. The van der Waals surface area contributed by atoms with E-state index in [0.717, 1.165) is 47.0 Å². The molecule has 0 radical (unpaired) electrons. The van der Waals surface area contributed by atoms with Crippen molar-refractivity contribution in [2.45, 2.75) is 33.6 Å². The number of nitrogens with zero attached hydrogens (tertiary/aromatic N) is 2. The zero-order chi connectivity index (χ0) is 19.9. The van der Waals surface area contributed by atoms with Crippen LogP contribution in [0.2, 0.25) is 0 Å². The van der Waals surface area contributed by atoms with Crippen LogP contribution in [0.1, 0.15) is 41.5 Å². The summed E-state index contributed by atoms with van der Waals surface area (Å²) in [5.41, 5.74) is 5.98. The third kappa shape index (κ3) is 4.88. The van der Waals surface area contributed by atoms with E-state index in [1.807, 2.05) is 35.7 Å². The Bertz CT molecular complexity index is 1010. The van der Waals surface area contributed by atoms with Gasteiger partial charge in [-0.05, 0) is 49.6 Å². The summed E-state index contributed by atoms with van der Waals surface area (Å²) in [7, 11) is 0. The number of ether oxygens (including phenoxy) is 1. The Morgan fingerprint density at radius 1 is 1.18 bits per heavy atom. The zero-order valence-corrected chi connectivity index (χ0v) is 17.3. The van der Waals surface area contributed by atoms with Crippen molar-refractivity contribution < 1.29 is 4.74 Å². The summed E-state index contributed by atoms with van der Waals surface area (Å²) in [5.74, 6) is 0.857. The van der Waals surface area contributed by atoms with E-state index in [9.17, 15) is 5.26 Å². The number of nitriles is 1. The monoisotopic (exact) mass is 388 g/mol. The van der Waals surface area contributed by atoms with Crippen LogP contribution >= 0.6 is 11.3 Å². The van der Waals surface area contributed by atoms with Crippen LogP contribution in [0.3, 0.4) is 0 Å². The van der Waals surface area contributed by atoms with Crippen LogP contribution < -0.4 is 4.74 Å². The number of rotatable bonds is 7. The van der Waals surface area contributed by atoms with E-state index >= 15 is 0 Å². The topological polar surface area (TPSA) is 45.9 Å². The summed E-state index contributed by atoms with van der Waals surface area (Å²) >= 11 is 1.50. The highest BCUT2D eigenvalue weighted by Crippen LogP contribution is 2.29. The fraction of sp³-hybridized carbons (Fsp3) is 0.250. The van der Waals surface area contributed by atoms with Gasteiger partial charge in [-0.2, -0.15) is 5.26 Å². The number of benzene rings is 2. The lowest BCUT2D eigenvalue weighted by Crippen LogP contribution is -1.95. The molecule has 142 valence electrons. The van der Waals surface area contributed by atoms with E-state index in [-0.39, 0.29) is 0 Å². The van der Waals surface area contributed by atoms with Gasteiger partial charge in [-0.25, -0.2) is 4.98 Å². The van der Waals surface area contributed by atoms with Gasteiger partial charge in [-0.3, -0.25) is 0 Å². The second-order valence-electron chi connectivity index (χ2n) is 6.80. The first-order chi connectivity index (χ1) is 13.6. The number of aromatic nitrogens is 1. The van der Waals surface area contributed by atoms with Gasteiger partial charge in [-0.1, -0.05) is 49.2 Å². The molecular formula is C24H24N2OS. The molecule has 0 aliphatic carbocycles. The van der Waals surface area contributed by atoms with Crippen molar-refractivity contribution in [1.29, 1.82) is 5.26 Å². The van der Waals surface area contributed by atoms with Gasteiger partial charge in [-0.15, -0.1) is 11.3 Å². The summed E-state index contributed by atoms with van der Waals surface area (Å²) in [6.07, 6.45) is 4.04. The fourth-order valence-electron chi connectivity index (χ4n) is 2.93. The molecule has 0 saturated heterocycles. The van der Waals surface area contributed by atoms with Crippen LogP contribution in [0.25, 0.3) is 22.9 Å². The highest BCUT2D eigenvalue weighted by molar-refractivity contribution is 7.11. The third-order valence-corrected chi connectivity index (χ3v) is 5.35. The number of thiazole rings is 1. The minimum Gasteiger partial charge on any atom is -0.494 e. The Morgan fingerprint density at radius 3 is 2.64 bits per heavy atom. The van der Waals surface area contributed by atoms with Crippen LogP contribution in [-0.4, -0.2) is 11.6 Å². The van der Waals surface area contributed by atoms with Crippen molar-refractivity contribution in [2.75, 3.05) is 6.61 Å². The molecule has 2 aromatic carbocycles. The molecule has 28 heavy (non-hydrogen) atoms. The number of allylic oxidation sites excluding steroid dienone is 1. The van der Waals surface area contributed by atoms with Gasteiger partial charge in [0.25, 0.3) is 0 Å². The summed E-state index contributed by atoms with van der Waals surface area (Å²) in [6, 6.07) is 16.5. The van der Waals surface area contributed by atoms with Gasteiger partial charge in [0.15, 0.2) is 0 Å². The largest absolute Gasteiger partial charge is 0.494 e. The maximum absolute atomic E-state index is 9.63. The first-order valence-corrected chi connectivity index (χ1v) is 10.4. The van der Waals surface area contributed by atoms with Gasteiger partial charge >= 0.3 is 0 Å². The van der Waals surface area contributed by atoms with Crippen molar-refractivity contribution in [3.05, 3.63) is 69.5 Å². The molecule has 0 aliphatic rings. The third-order valence-electron chi connectivity index (χ3n) is 4.47. The molecule has 0 amide bonds.